The second-order valence-corrected chi connectivity index (χ2v) is 39.2. The molecule has 0 radical (unpaired) electrons. The molecule has 1 saturated heterocycles. The molecule has 3 fully saturated rings. The lowest BCUT2D eigenvalue weighted by molar-refractivity contribution is -0.258. The van der Waals surface area contributed by atoms with Gasteiger partial charge in [0.1, 0.15) is 44.4 Å². The van der Waals surface area contributed by atoms with Gasteiger partial charge >= 0.3 is 36.2 Å². The van der Waals surface area contributed by atoms with Crippen molar-refractivity contribution in [2.45, 2.75) is 328 Å². The van der Waals surface area contributed by atoms with Crippen molar-refractivity contribution in [3.8, 4) is 17.2 Å². The van der Waals surface area contributed by atoms with Crippen molar-refractivity contribution in [2.75, 3.05) is 0 Å². The SMILES string of the molecule is CCC(C)(C)C(=O)OC(C)C(F)(F)F.CCC(C)(C)C(=O)OC1C2CC3C(=O)OC1C3C2.CCC(C)(C)C(=O)OCc1ccc(C(C)(C)C)cc1.CCC(C)c1ccc(C(C)(O)C(F)(F)F)cc1.CCC(C)c1ccc(COc2c(F)c(F)c(F)c(F)c2F)cc1.CCC(C)c1ccc(COc2c(F)c(F)c(F)c(F)c2F)cc1.CCC(C)c1ccc(COc2ccc(C(C)(C)C)cc2)cc1. The second-order valence-electron chi connectivity index (χ2n) is 39.2. The highest BCUT2D eigenvalue weighted by atomic mass is 19.4. The maximum Gasteiger partial charge on any atom is 0.425 e. The van der Waals surface area contributed by atoms with Crippen LogP contribution in [0.3, 0.4) is 0 Å². The molecule has 1 aliphatic heterocycles. The van der Waals surface area contributed by atoms with E-state index in [0.717, 1.165) is 86.8 Å². The summed E-state index contributed by atoms with van der Waals surface area (Å²) in [5, 5.41) is 9.48. The Kier molecular flexibility index (Phi) is 42.7. The van der Waals surface area contributed by atoms with E-state index in [0.29, 0.717) is 66.3 Å². The van der Waals surface area contributed by atoms with E-state index in [1.165, 1.54) is 40.8 Å². The van der Waals surface area contributed by atoms with Crippen molar-refractivity contribution in [2.24, 2.45) is 34.0 Å². The molecule has 0 spiro atoms. The van der Waals surface area contributed by atoms with Gasteiger partial charge in [-0.1, -0.05) is 251 Å². The van der Waals surface area contributed by atoms with E-state index in [9.17, 15) is 94.5 Å². The van der Waals surface area contributed by atoms with Gasteiger partial charge in [0.25, 0.3) is 0 Å². The Balaban J connectivity index is 0.000000282. The lowest BCUT2D eigenvalue weighted by atomic mass is 9.87. The van der Waals surface area contributed by atoms with Gasteiger partial charge in [0.15, 0.2) is 23.2 Å². The third-order valence-electron chi connectivity index (χ3n) is 25.8. The molecule has 8 aromatic carbocycles. The number of halogens is 16. The van der Waals surface area contributed by atoms with Gasteiger partial charge in [0, 0.05) is 11.8 Å². The van der Waals surface area contributed by atoms with E-state index in [4.69, 9.17) is 28.4 Å². The number of hydrogen-bond donors (Lipinski definition) is 1. The fraction of sp³-hybridized carbons (Fsp3) is 0.519. The Hall–Kier alpha value is -10.1. The maximum absolute atomic E-state index is 13.5. The van der Waals surface area contributed by atoms with Crippen LogP contribution in [0.4, 0.5) is 70.2 Å². The zero-order valence-corrected chi connectivity index (χ0v) is 82.8. The average Bonchev–Trinajstić information content (AvgIpc) is 1.57. The number of fused-ring (bicyclic) bond motifs is 1. The number of alkyl halides is 6. The summed E-state index contributed by atoms with van der Waals surface area (Å²) in [6, 6.07) is 45.6. The van der Waals surface area contributed by atoms with Gasteiger partial charge in [0.2, 0.25) is 58.2 Å². The summed E-state index contributed by atoms with van der Waals surface area (Å²) in [5.41, 5.74) is 6.25. The third kappa shape index (κ3) is 32.0. The molecule has 1 N–H and O–H groups in total. The highest BCUT2D eigenvalue weighted by Gasteiger charge is 2.64. The van der Waals surface area contributed by atoms with Crippen molar-refractivity contribution >= 4 is 23.9 Å². The Bertz CT molecular complexity index is 4960. The minimum absolute atomic E-state index is 0.0779. The molecule has 12 nitrogen and oxygen atoms in total. The molecule has 11 unspecified atom stereocenters. The van der Waals surface area contributed by atoms with Gasteiger partial charge in [0.05, 0.1) is 22.2 Å². The minimum atomic E-state index is -4.66. The molecule has 2 bridgehead atoms. The first-order valence-corrected chi connectivity index (χ1v) is 46.2. The maximum atomic E-state index is 13.5. The number of rotatable bonds is 28. The predicted octanol–water partition coefficient (Wildman–Crippen LogP) is 30.3. The molecule has 28 heteroatoms. The van der Waals surface area contributed by atoms with Gasteiger partial charge in [-0.15, -0.1) is 0 Å². The Morgan fingerprint density at radius 2 is 0.676 bits per heavy atom. The largest absolute Gasteiger partial charge is 0.489 e. The highest BCUT2D eigenvalue weighted by Crippen LogP contribution is 2.56. The fourth-order valence-corrected chi connectivity index (χ4v) is 13.6. The summed E-state index contributed by atoms with van der Waals surface area (Å²) < 4.78 is 242. The summed E-state index contributed by atoms with van der Waals surface area (Å²) in [5.74, 6) is -20.8. The monoisotopic (exact) mass is 1930 g/mol. The molecule has 11 rings (SSSR count). The molecule has 136 heavy (non-hydrogen) atoms. The number of carbonyl (C=O) groups excluding carboxylic acids is 4. The highest BCUT2D eigenvalue weighted by molar-refractivity contribution is 5.79. The summed E-state index contributed by atoms with van der Waals surface area (Å²) in [6.07, 6.45) is -3.74. The molecule has 2 saturated carbocycles. The molecular weight excluding hydrogens is 1790 g/mol. The van der Waals surface area contributed by atoms with Crippen LogP contribution in [0.2, 0.25) is 0 Å². The Morgan fingerprint density at radius 1 is 0.382 bits per heavy atom. The molecule has 752 valence electrons. The molecule has 8 aromatic rings. The van der Waals surface area contributed by atoms with E-state index >= 15 is 0 Å². The Morgan fingerprint density at radius 3 is 1.00 bits per heavy atom. The number of carbonyl (C=O) groups is 4. The van der Waals surface area contributed by atoms with Crippen molar-refractivity contribution in [1.29, 1.82) is 0 Å². The first-order valence-electron chi connectivity index (χ1n) is 46.2. The molecule has 0 amide bonds. The summed E-state index contributed by atoms with van der Waals surface area (Å²) in [6.45, 7) is 48.3. The number of ether oxygens (including phenoxy) is 7. The van der Waals surface area contributed by atoms with Crippen molar-refractivity contribution < 1.29 is 128 Å². The number of benzene rings is 8. The summed E-state index contributed by atoms with van der Waals surface area (Å²) in [7, 11) is 0. The molecule has 11 atom stereocenters. The summed E-state index contributed by atoms with van der Waals surface area (Å²) >= 11 is 0. The van der Waals surface area contributed by atoms with E-state index in [1.54, 1.807) is 57.2 Å². The van der Waals surface area contributed by atoms with Crippen LogP contribution in [0, 0.1) is 92.2 Å². The van der Waals surface area contributed by atoms with Crippen molar-refractivity contribution in [3.63, 3.8) is 0 Å². The zero-order valence-electron chi connectivity index (χ0n) is 82.8. The van der Waals surface area contributed by atoms with Crippen LogP contribution in [0.1, 0.15) is 316 Å². The third-order valence-corrected chi connectivity index (χ3v) is 25.8. The fourth-order valence-electron chi connectivity index (χ4n) is 13.6. The smallest absolute Gasteiger partial charge is 0.425 e. The van der Waals surface area contributed by atoms with Crippen molar-refractivity contribution in [1.82, 2.24) is 0 Å². The van der Waals surface area contributed by atoms with Crippen LogP contribution >= 0.6 is 0 Å². The molecular formula is C108H136F16O12. The quantitative estimate of drug-likeness (QED) is 0.0163. The average molecular weight is 1930 g/mol. The molecule has 0 aromatic heterocycles. The van der Waals surface area contributed by atoms with Gasteiger partial charge in [-0.05, 0) is 221 Å². The van der Waals surface area contributed by atoms with Crippen LogP contribution in [0.15, 0.2) is 146 Å². The van der Waals surface area contributed by atoms with E-state index in [-0.39, 0.29) is 65.6 Å². The van der Waals surface area contributed by atoms with E-state index in [2.05, 4.69) is 135 Å². The Labute approximate surface area is 792 Å². The standard InChI is InChI=1S/C21H28O.2C17H15F5O.C17H26O2.C14H20O4.C13H17F3O.C9H15F3O2/c1-6-16(2)18-9-7-17(8-10-18)15-22-20-13-11-19(12-14-20)21(3,4)5;2*1-3-9(2)11-6-4-10(5-7-11)8-23-17-15(21)13(19)12(18)14(20)16(17)22;1-7-17(5,6)15(18)19-12-13-8-10-14(11-9-13)16(2,3)4;1-4-14(2,3)13(16)18-10-7-5-8-9(6-7)12(15)17-11(8)10;1-4-9(2)10-5-7-11(8-6-10)12(3,17)13(14,15)16;1-5-8(3,4)7(13)14-6(2)9(10,11)12/h7-14,16H,6,15H2,1-5H3;2*4-7,9H,3,8H2,1-2H3;8-11H,7,12H2,1-6H3;7-11H,4-6H2,1-3H3;5-9,17H,4H2,1-3H3;6H,5H2,1-4H3. The lowest BCUT2D eigenvalue weighted by Crippen LogP contribution is -2.39. The summed E-state index contributed by atoms with van der Waals surface area (Å²) in [4.78, 5) is 46.8. The number of hydrogen-bond acceptors (Lipinski definition) is 12. The lowest BCUT2D eigenvalue weighted by Gasteiger charge is -2.29. The van der Waals surface area contributed by atoms with Crippen LogP contribution in [-0.2, 0) is 81.0 Å². The number of aliphatic hydroxyl groups is 1. The van der Waals surface area contributed by atoms with E-state index < -0.39 is 116 Å². The van der Waals surface area contributed by atoms with Crippen molar-refractivity contribution in [3.05, 3.63) is 265 Å². The first kappa shape index (κ1) is 116. The van der Waals surface area contributed by atoms with Crippen LogP contribution in [0.25, 0.3) is 0 Å². The molecule has 1 heterocycles. The van der Waals surface area contributed by atoms with Crippen LogP contribution in [0.5, 0.6) is 17.2 Å². The van der Waals surface area contributed by atoms with Crippen LogP contribution in [-0.4, -0.2) is 59.6 Å². The van der Waals surface area contributed by atoms with Gasteiger partial charge in [-0.25, -0.2) is 26.3 Å². The van der Waals surface area contributed by atoms with Gasteiger partial charge in [-0.2, -0.15) is 43.9 Å². The first-order chi connectivity index (χ1) is 63.0. The zero-order chi connectivity index (χ0) is 103. The molecule has 2 aliphatic carbocycles. The number of esters is 4. The van der Waals surface area contributed by atoms with Gasteiger partial charge < -0.3 is 38.3 Å². The topological polar surface area (TPSA) is 153 Å². The molecule has 3 aliphatic rings. The predicted molar refractivity (Wildman–Crippen MR) is 495 cm³/mol. The van der Waals surface area contributed by atoms with E-state index in [1.807, 2.05) is 106 Å². The van der Waals surface area contributed by atoms with Crippen LogP contribution < -0.4 is 14.2 Å². The minimum Gasteiger partial charge on any atom is -0.489 e. The normalized spacial score (nSPS) is 17.2. The van der Waals surface area contributed by atoms with Gasteiger partial charge in [-0.3, -0.25) is 19.2 Å². The second kappa shape index (κ2) is 49.9.